The molecule has 1 aromatic carbocycles. The van der Waals surface area contributed by atoms with Crippen molar-refractivity contribution in [2.45, 2.75) is 0 Å². The third kappa shape index (κ3) is 2.05. The Kier molecular flexibility index (Phi) is 3.01. The van der Waals surface area contributed by atoms with Gasteiger partial charge in [0.2, 0.25) is 0 Å². The van der Waals surface area contributed by atoms with Crippen LogP contribution in [0.5, 0.6) is 0 Å². The van der Waals surface area contributed by atoms with Gasteiger partial charge in [0.05, 0.1) is 18.2 Å². The molecule has 1 amide bonds. The first kappa shape index (κ1) is 12.1. The van der Waals surface area contributed by atoms with E-state index in [0.717, 1.165) is 11.1 Å². The van der Waals surface area contributed by atoms with Crippen molar-refractivity contribution in [3.63, 3.8) is 0 Å². The highest BCUT2D eigenvalue weighted by Gasteiger charge is 2.17. The second kappa shape index (κ2) is 4.97. The highest BCUT2D eigenvalue weighted by Crippen LogP contribution is 2.32. The Morgan fingerprint density at radius 3 is 2.60 bits per heavy atom. The number of hydrogen-bond acceptors (Lipinski definition) is 3. The van der Waals surface area contributed by atoms with E-state index in [-0.39, 0.29) is 5.69 Å². The summed E-state index contributed by atoms with van der Waals surface area (Å²) in [4.78, 5) is 22.7. The average molecular weight is 264 g/mol. The number of rotatable bonds is 3. The number of imidazole rings is 1. The van der Waals surface area contributed by atoms with Gasteiger partial charge >= 0.3 is 0 Å². The van der Waals surface area contributed by atoms with Gasteiger partial charge in [0, 0.05) is 11.8 Å². The zero-order valence-electron chi connectivity index (χ0n) is 10.6. The summed E-state index contributed by atoms with van der Waals surface area (Å²) in [7, 11) is 0. The second-order valence-electron chi connectivity index (χ2n) is 4.28. The molecule has 20 heavy (non-hydrogen) atoms. The lowest BCUT2D eigenvalue weighted by Crippen LogP contribution is -2.15. The summed E-state index contributed by atoms with van der Waals surface area (Å²) in [6.45, 7) is 0. The predicted molar refractivity (Wildman–Crippen MR) is 75.8 cm³/mol. The number of carbonyl (C=O) groups excluding carboxylic acids is 1. The van der Waals surface area contributed by atoms with E-state index in [9.17, 15) is 4.79 Å². The van der Waals surface area contributed by atoms with Crippen molar-refractivity contribution in [1.29, 1.82) is 0 Å². The van der Waals surface area contributed by atoms with E-state index in [4.69, 9.17) is 5.73 Å². The molecule has 0 aliphatic rings. The highest BCUT2D eigenvalue weighted by molar-refractivity contribution is 6.01. The van der Waals surface area contributed by atoms with Crippen molar-refractivity contribution < 1.29 is 4.79 Å². The van der Waals surface area contributed by atoms with Crippen LogP contribution in [0.4, 0.5) is 0 Å². The summed E-state index contributed by atoms with van der Waals surface area (Å²) in [6, 6.07) is 11.6. The maximum absolute atomic E-state index is 11.6. The molecule has 98 valence electrons. The van der Waals surface area contributed by atoms with Crippen molar-refractivity contribution in [1.82, 2.24) is 15.0 Å². The number of nitrogens with two attached hydrogens (primary N) is 1. The Balaban J connectivity index is 2.30. The van der Waals surface area contributed by atoms with Crippen molar-refractivity contribution in [2.24, 2.45) is 5.73 Å². The largest absolute Gasteiger partial charge is 0.364 e. The first-order valence-corrected chi connectivity index (χ1v) is 6.10. The molecular weight excluding hydrogens is 252 g/mol. The van der Waals surface area contributed by atoms with Gasteiger partial charge in [-0.05, 0) is 17.2 Å². The molecule has 5 nitrogen and oxygen atoms in total. The number of nitrogens with zero attached hydrogens (tertiary/aromatic N) is 2. The number of carbonyl (C=O) groups is 1. The van der Waals surface area contributed by atoms with Gasteiger partial charge in [0.1, 0.15) is 5.69 Å². The first-order valence-electron chi connectivity index (χ1n) is 6.10. The molecule has 0 aliphatic carbocycles. The second-order valence-corrected chi connectivity index (χ2v) is 4.28. The highest BCUT2D eigenvalue weighted by atomic mass is 16.1. The minimum atomic E-state index is -0.563. The summed E-state index contributed by atoms with van der Waals surface area (Å²) in [5, 5.41) is 0. The standard InChI is InChI=1S/C15H12N4O/c16-15(20)14-13(12-8-17-9-19-12)11(6-7-18-14)10-4-2-1-3-5-10/h1-9H,(H2,16,20)(H,17,19). The summed E-state index contributed by atoms with van der Waals surface area (Å²) < 4.78 is 0. The molecule has 0 radical (unpaired) electrons. The van der Waals surface area contributed by atoms with Gasteiger partial charge in [-0.15, -0.1) is 0 Å². The molecule has 0 bridgehead atoms. The van der Waals surface area contributed by atoms with Crippen molar-refractivity contribution >= 4 is 5.91 Å². The molecule has 3 N–H and O–H groups in total. The van der Waals surface area contributed by atoms with Gasteiger partial charge in [0.15, 0.2) is 0 Å². The molecule has 3 rings (SSSR count). The van der Waals surface area contributed by atoms with E-state index in [2.05, 4.69) is 15.0 Å². The Labute approximate surface area is 115 Å². The van der Waals surface area contributed by atoms with Crippen LogP contribution in [0.15, 0.2) is 55.1 Å². The van der Waals surface area contributed by atoms with Crippen LogP contribution in [0.25, 0.3) is 22.4 Å². The number of benzene rings is 1. The third-order valence-corrected chi connectivity index (χ3v) is 3.04. The van der Waals surface area contributed by atoms with Gasteiger partial charge in [0.25, 0.3) is 5.91 Å². The quantitative estimate of drug-likeness (QED) is 0.760. The fourth-order valence-corrected chi connectivity index (χ4v) is 2.17. The topological polar surface area (TPSA) is 84.7 Å². The van der Waals surface area contributed by atoms with Gasteiger partial charge in [-0.2, -0.15) is 0 Å². The lowest BCUT2D eigenvalue weighted by atomic mass is 9.97. The molecule has 0 aliphatic heterocycles. The molecule has 3 aromatic rings. The van der Waals surface area contributed by atoms with Crippen molar-refractivity contribution in [3.8, 4) is 22.4 Å². The molecule has 0 spiro atoms. The zero-order valence-corrected chi connectivity index (χ0v) is 10.6. The van der Waals surface area contributed by atoms with E-state index < -0.39 is 5.91 Å². The maximum atomic E-state index is 11.6. The van der Waals surface area contributed by atoms with Gasteiger partial charge < -0.3 is 10.7 Å². The fourth-order valence-electron chi connectivity index (χ4n) is 2.17. The fraction of sp³-hybridized carbons (Fsp3) is 0. The minimum Gasteiger partial charge on any atom is -0.364 e. The van der Waals surface area contributed by atoms with Gasteiger partial charge in [-0.3, -0.25) is 9.78 Å². The number of amides is 1. The van der Waals surface area contributed by atoms with Crippen LogP contribution < -0.4 is 5.73 Å². The molecule has 5 heteroatoms. The third-order valence-electron chi connectivity index (χ3n) is 3.04. The van der Waals surface area contributed by atoms with E-state index in [0.29, 0.717) is 11.3 Å². The SMILES string of the molecule is NC(=O)c1nccc(-c2ccccc2)c1-c1cnc[nH]1. The van der Waals surface area contributed by atoms with Gasteiger partial charge in [-0.1, -0.05) is 30.3 Å². The van der Waals surface area contributed by atoms with Crippen LogP contribution in [0.2, 0.25) is 0 Å². The van der Waals surface area contributed by atoms with Crippen molar-refractivity contribution in [2.75, 3.05) is 0 Å². The van der Waals surface area contributed by atoms with Crippen LogP contribution in [0.1, 0.15) is 10.5 Å². The Bertz CT molecular complexity index is 736. The van der Waals surface area contributed by atoms with E-state index >= 15 is 0 Å². The number of hydrogen-bond donors (Lipinski definition) is 2. The zero-order chi connectivity index (χ0) is 13.9. The van der Waals surface area contributed by atoms with Crippen LogP contribution in [-0.2, 0) is 0 Å². The average Bonchev–Trinajstić information content (AvgIpc) is 3.01. The Morgan fingerprint density at radius 2 is 1.95 bits per heavy atom. The van der Waals surface area contributed by atoms with Gasteiger partial charge in [-0.25, -0.2) is 4.98 Å². The van der Waals surface area contributed by atoms with E-state index in [1.54, 1.807) is 18.7 Å². The number of aromatic nitrogens is 3. The van der Waals surface area contributed by atoms with Crippen LogP contribution in [-0.4, -0.2) is 20.9 Å². The summed E-state index contributed by atoms with van der Waals surface area (Å²) in [6.07, 6.45) is 4.79. The lowest BCUT2D eigenvalue weighted by molar-refractivity contribution is 0.0996. The molecule has 2 aromatic heterocycles. The number of primary amides is 1. The Morgan fingerprint density at radius 1 is 1.15 bits per heavy atom. The number of pyridine rings is 1. The summed E-state index contributed by atoms with van der Waals surface area (Å²) in [5.74, 6) is -0.563. The number of H-pyrrole nitrogens is 1. The maximum Gasteiger partial charge on any atom is 0.268 e. The molecule has 0 fully saturated rings. The van der Waals surface area contributed by atoms with Crippen LogP contribution >= 0.6 is 0 Å². The molecular formula is C15H12N4O. The smallest absolute Gasteiger partial charge is 0.268 e. The Hall–Kier alpha value is -2.95. The van der Waals surface area contributed by atoms with E-state index in [1.165, 1.54) is 0 Å². The minimum absolute atomic E-state index is 0.232. The van der Waals surface area contributed by atoms with Crippen LogP contribution in [0.3, 0.4) is 0 Å². The number of aromatic amines is 1. The molecule has 0 saturated heterocycles. The molecule has 0 saturated carbocycles. The summed E-state index contributed by atoms with van der Waals surface area (Å²) in [5.41, 5.74) is 8.92. The normalized spacial score (nSPS) is 10.4. The van der Waals surface area contributed by atoms with E-state index in [1.807, 2.05) is 36.4 Å². The van der Waals surface area contributed by atoms with Crippen molar-refractivity contribution in [3.05, 3.63) is 60.8 Å². The lowest BCUT2D eigenvalue weighted by Gasteiger charge is -2.11. The predicted octanol–water partition coefficient (Wildman–Crippen LogP) is 2.24. The van der Waals surface area contributed by atoms with Crippen LogP contribution in [0, 0.1) is 0 Å². The molecule has 2 heterocycles. The molecule has 0 atom stereocenters. The molecule has 0 unspecified atom stereocenters. The first-order chi connectivity index (χ1) is 9.77. The monoisotopic (exact) mass is 264 g/mol. The number of nitrogens with one attached hydrogen (secondary N) is 1. The summed E-state index contributed by atoms with van der Waals surface area (Å²) >= 11 is 0.